The summed E-state index contributed by atoms with van der Waals surface area (Å²) in [6.45, 7) is 1.88. The van der Waals surface area contributed by atoms with Gasteiger partial charge in [-0.1, -0.05) is 11.2 Å². The van der Waals surface area contributed by atoms with E-state index in [1.54, 1.807) is 24.3 Å². The van der Waals surface area contributed by atoms with Gasteiger partial charge in [-0.3, -0.25) is 0 Å². The van der Waals surface area contributed by atoms with E-state index in [9.17, 15) is 9.50 Å². The summed E-state index contributed by atoms with van der Waals surface area (Å²) in [7, 11) is 0. The number of hydrogen-bond acceptors (Lipinski definition) is 4. The highest BCUT2D eigenvalue weighted by atomic mass is 19.1. The maximum atomic E-state index is 12.9. The maximum absolute atomic E-state index is 12.9. The number of phenols is 1. The summed E-state index contributed by atoms with van der Waals surface area (Å²) in [5.41, 5.74) is 2.05. The van der Waals surface area contributed by atoms with E-state index in [0.29, 0.717) is 17.0 Å². The molecule has 2 aromatic carbocycles. The Morgan fingerprint density at radius 3 is 2.55 bits per heavy atom. The lowest BCUT2D eigenvalue weighted by Gasteiger charge is -1.99. The van der Waals surface area contributed by atoms with Crippen LogP contribution < -0.4 is 0 Å². The summed E-state index contributed by atoms with van der Waals surface area (Å²) in [4.78, 5) is 4.21. The Kier molecular flexibility index (Phi) is 2.95. The van der Waals surface area contributed by atoms with Crippen LogP contribution in [0.1, 0.15) is 5.56 Å². The second kappa shape index (κ2) is 4.77. The van der Waals surface area contributed by atoms with Gasteiger partial charge in [0.1, 0.15) is 11.6 Å². The SMILES string of the molecule is Cc1ccc(-c2nc(-c3ccc(F)cc3)no2)c(O)c1. The lowest BCUT2D eigenvalue weighted by Crippen LogP contribution is -1.83. The van der Waals surface area contributed by atoms with Crippen LogP contribution in [0.5, 0.6) is 5.75 Å². The van der Waals surface area contributed by atoms with Crippen LogP contribution in [0.25, 0.3) is 22.8 Å². The molecule has 1 N–H and O–H groups in total. The predicted molar refractivity (Wildman–Crippen MR) is 71.5 cm³/mol. The Labute approximate surface area is 114 Å². The molecule has 0 unspecified atom stereocenters. The van der Waals surface area contributed by atoms with Gasteiger partial charge in [-0.2, -0.15) is 4.98 Å². The fourth-order valence-corrected chi connectivity index (χ4v) is 1.87. The predicted octanol–water partition coefficient (Wildman–Crippen LogP) is 3.56. The van der Waals surface area contributed by atoms with Crippen LogP contribution in [-0.2, 0) is 0 Å². The first kappa shape index (κ1) is 12.3. The molecule has 20 heavy (non-hydrogen) atoms. The number of hydrogen-bond donors (Lipinski definition) is 1. The van der Waals surface area contributed by atoms with Gasteiger partial charge in [0.25, 0.3) is 5.89 Å². The number of phenolic OH excluding ortho intramolecular Hbond substituents is 1. The van der Waals surface area contributed by atoms with Crippen molar-refractivity contribution in [2.24, 2.45) is 0 Å². The standard InChI is InChI=1S/C15H11FN2O2/c1-9-2-7-12(13(19)8-9)15-17-14(18-20-15)10-3-5-11(16)6-4-10/h2-8,19H,1H3. The maximum Gasteiger partial charge on any atom is 0.261 e. The van der Waals surface area contributed by atoms with Gasteiger partial charge >= 0.3 is 0 Å². The summed E-state index contributed by atoms with van der Waals surface area (Å²) < 4.78 is 18.0. The number of benzene rings is 2. The lowest BCUT2D eigenvalue weighted by molar-refractivity contribution is 0.425. The number of aromatic nitrogens is 2. The van der Waals surface area contributed by atoms with Crippen LogP contribution in [0.15, 0.2) is 47.0 Å². The van der Waals surface area contributed by atoms with Gasteiger partial charge in [-0.05, 0) is 48.9 Å². The van der Waals surface area contributed by atoms with Gasteiger partial charge < -0.3 is 9.63 Å². The molecule has 0 spiro atoms. The molecule has 5 heteroatoms. The van der Waals surface area contributed by atoms with Crippen LogP contribution in [0.3, 0.4) is 0 Å². The highest BCUT2D eigenvalue weighted by molar-refractivity contribution is 5.65. The van der Waals surface area contributed by atoms with Gasteiger partial charge in [0.05, 0.1) is 5.56 Å². The first-order valence-electron chi connectivity index (χ1n) is 6.03. The van der Waals surface area contributed by atoms with E-state index in [-0.39, 0.29) is 17.5 Å². The summed E-state index contributed by atoms with van der Waals surface area (Å²) in [6.07, 6.45) is 0. The molecule has 0 aliphatic carbocycles. The molecule has 0 atom stereocenters. The second-order valence-corrected chi connectivity index (χ2v) is 4.45. The van der Waals surface area contributed by atoms with Crippen molar-refractivity contribution in [3.8, 4) is 28.6 Å². The molecule has 0 radical (unpaired) electrons. The first-order valence-corrected chi connectivity index (χ1v) is 6.03. The minimum absolute atomic E-state index is 0.0827. The van der Waals surface area contributed by atoms with Crippen molar-refractivity contribution in [1.29, 1.82) is 0 Å². The zero-order chi connectivity index (χ0) is 14.1. The number of aromatic hydroxyl groups is 1. The highest BCUT2D eigenvalue weighted by Crippen LogP contribution is 2.30. The fourth-order valence-electron chi connectivity index (χ4n) is 1.87. The lowest BCUT2D eigenvalue weighted by atomic mass is 10.1. The van der Waals surface area contributed by atoms with Crippen molar-refractivity contribution in [3.63, 3.8) is 0 Å². The zero-order valence-electron chi connectivity index (χ0n) is 10.7. The first-order chi connectivity index (χ1) is 9.63. The zero-order valence-corrected chi connectivity index (χ0v) is 10.7. The Balaban J connectivity index is 1.99. The van der Waals surface area contributed by atoms with Gasteiger partial charge in [0.2, 0.25) is 5.82 Å². The highest BCUT2D eigenvalue weighted by Gasteiger charge is 2.13. The van der Waals surface area contributed by atoms with Crippen LogP contribution in [0, 0.1) is 12.7 Å². The third kappa shape index (κ3) is 2.25. The van der Waals surface area contributed by atoms with Crippen molar-refractivity contribution in [1.82, 2.24) is 10.1 Å². The molecule has 0 saturated carbocycles. The molecule has 0 bridgehead atoms. The van der Waals surface area contributed by atoms with E-state index in [1.807, 2.05) is 13.0 Å². The van der Waals surface area contributed by atoms with Crippen molar-refractivity contribution < 1.29 is 14.0 Å². The summed E-state index contributed by atoms with van der Waals surface area (Å²) >= 11 is 0. The van der Waals surface area contributed by atoms with Gasteiger partial charge in [0.15, 0.2) is 0 Å². The summed E-state index contributed by atoms with van der Waals surface area (Å²) in [5, 5.41) is 13.7. The van der Waals surface area contributed by atoms with Crippen LogP contribution in [0.4, 0.5) is 4.39 Å². The van der Waals surface area contributed by atoms with E-state index in [0.717, 1.165) is 5.56 Å². The molecule has 0 amide bonds. The average molecular weight is 270 g/mol. The largest absolute Gasteiger partial charge is 0.507 e. The number of aryl methyl sites for hydroxylation is 1. The van der Waals surface area contributed by atoms with Crippen molar-refractivity contribution >= 4 is 0 Å². The summed E-state index contributed by atoms with van der Waals surface area (Å²) in [5.74, 6) is 0.328. The second-order valence-electron chi connectivity index (χ2n) is 4.45. The minimum Gasteiger partial charge on any atom is -0.507 e. The van der Waals surface area contributed by atoms with E-state index in [2.05, 4.69) is 10.1 Å². The molecule has 4 nitrogen and oxygen atoms in total. The molecule has 0 aliphatic heterocycles. The van der Waals surface area contributed by atoms with E-state index in [1.165, 1.54) is 12.1 Å². The Morgan fingerprint density at radius 1 is 1.10 bits per heavy atom. The van der Waals surface area contributed by atoms with E-state index in [4.69, 9.17) is 4.52 Å². The number of rotatable bonds is 2. The van der Waals surface area contributed by atoms with Gasteiger partial charge in [0, 0.05) is 5.56 Å². The van der Waals surface area contributed by atoms with Gasteiger partial charge in [-0.25, -0.2) is 4.39 Å². The normalized spacial score (nSPS) is 10.7. The van der Waals surface area contributed by atoms with Gasteiger partial charge in [-0.15, -0.1) is 0 Å². The third-order valence-corrected chi connectivity index (χ3v) is 2.91. The monoisotopic (exact) mass is 270 g/mol. The van der Waals surface area contributed by atoms with Crippen molar-refractivity contribution in [2.45, 2.75) is 6.92 Å². The van der Waals surface area contributed by atoms with Crippen LogP contribution in [-0.4, -0.2) is 15.2 Å². The molecule has 3 aromatic rings. The Hall–Kier alpha value is -2.69. The smallest absolute Gasteiger partial charge is 0.261 e. The quantitative estimate of drug-likeness (QED) is 0.773. The average Bonchev–Trinajstić information content (AvgIpc) is 2.89. The van der Waals surface area contributed by atoms with Crippen molar-refractivity contribution in [3.05, 3.63) is 53.8 Å². The molecule has 0 fully saturated rings. The Bertz CT molecular complexity index is 751. The Morgan fingerprint density at radius 2 is 1.85 bits per heavy atom. The van der Waals surface area contributed by atoms with E-state index < -0.39 is 0 Å². The van der Waals surface area contributed by atoms with E-state index >= 15 is 0 Å². The van der Waals surface area contributed by atoms with Crippen molar-refractivity contribution in [2.75, 3.05) is 0 Å². The number of halogens is 1. The number of nitrogens with zero attached hydrogens (tertiary/aromatic N) is 2. The van der Waals surface area contributed by atoms with Crippen LogP contribution in [0.2, 0.25) is 0 Å². The van der Waals surface area contributed by atoms with Crippen LogP contribution >= 0.6 is 0 Å². The molecule has 100 valence electrons. The molecule has 3 rings (SSSR count). The topological polar surface area (TPSA) is 59.2 Å². The summed E-state index contributed by atoms with van der Waals surface area (Å²) in [6, 6.07) is 11.0. The molecule has 1 aromatic heterocycles. The molecule has 0 saturated heterocycles. The molecule has 0 aliphatic rings. The molecular weight excluding hydrogens is 259 g/mol. The third-order valence-electron chi connectivity index (χ3n) is 2.91. The minimum atomic E-state index is -0.325. The molecular formula is C15H11FN2O2. The molecule has 1 heterocycles. The fraction of sp³-hybridized carbons (Fsp3) is 0.0667.